The number of fused-ring (bicyclic) bond motifs is 1. The monoisotopic (exact) mass is 453 g/mol. The summed E-state index contributed by atoms with van der Waals surface area (Å²) in [5.41, 5.74) is 2.22. The largest absolute Gasteiger partial charge is 0.450 e. The van der Waals surface area contributed by atoms with Crippen LogP contribution in [-0.4, -0.2) is 74.8 Å². The van der Waals surface area contributed by atoms with Crippen LogP contribution >= 0.6 is 0 Å². The molecule has 0 fully saturated rings. The Morgan fingerprint density at radius 3 is 2.85 bits per heavy atom. The molecule has 2 amide bonds. The number of rotatable bonds is 7. The molecule has 33 heavy (non-hydrogen) atoms. The molecule has 11 heteroatoms. The molecule has 1 aliphatic heterocycles. The molecule has 3 heterocycles. The third-order valence-electron chi connectivity index (χ3n) is 5.22. The van der Waals surface area contributed by atoms with E-state index in [9.17, 15) is 14.7 Å². The molecular weight excluding hydrogens is 426 g/mol. The number of anilines is 1. The van der Waals surface area contributed by atoms with Gasteiger partial charge in [0.15, 0.2) is 5.84 Å². The molecule has 1 unspecified atom stereocenters. The van der Waals surface area contributed by atoms with Gasteiger partial charge in [-0.15, -0.1) is 0 Å². The second-order valence-electron chi connectivity index (χ2n) is 7.49. The summed E-state index contributed by atoms with van der Waals surface area (Å²) in [6.07, 6.45) is 2.84. The maximum Gasteiger partial charge on any atom is 0.410 e. The molecule has 0 aliphatic carbocycles. The van der Waals surface area contributed by atoms with E-state index >= 15 is 0 Å². The van der Waals surface area contributed by atoms with Crippen molar-refractivity contribution in [1.82, 2.24) is 19.8 Å². The molecule has 0 bridgehead atoms. The molecular formula is C22H27N7O4. The zero-order chi connectivity index (χ0) is 24.0. The molecule has 0 saturated carbocycles. The number of carbonyl (C=O) groups excluding carboxylic acids is 2. The van der Waals surface area contributed by atoms with E-state index in [1.54, 1.807) is 49.2 Å². The summed E-state index contributed by atoms with van der Waals surface area (Å²) in [5.74, 6) is -0.333. The van der Waals surface area contributed by atoms with Crippen LogP contribution in [0.4, 0.5) is 10.6 Å². The van der Waals surface area contributed by atoms with Crippen LogP contribution in [0.25, 0.3) is 0 Å². The quantitative estimate of drug-likeness (QED) is 0.368. The third kappa shape index (κ3) is 5.50. The fraction of sp³-hybridized carbons (Fsp3) is 0.364. The number of nitrogens with one attached hydrogen (secondary N) is 3. The maximum atomic E-state index is 12.8. The molecule has 174 valence electrons. The fourth-order valence-corrected chi connectivity index (χ4v) is 3.38. The number of hydrogen-bond acceptors (Lipinski definition) is 8. The van der Waals surface area contributed by atoms with Crippen LogP contribution in [0.1, 0.15) is 41.2 Å². The predicted octanol–water partition coefficient (Wildman–Crippen LogP) is 1.86. The minimum absolute atomic E-state index is 0.0754. The van der Waals surface area contributed by atoms with Crippen LogP contribution in [0.5, 0.6) is 0 Å². The minimum atomic E-state index is -0.477. The molecule has 3 rings (SSSR count). The number of aliphatic hydroxyl groups is 1. The fourth-order valence-electron chi connectivity index (χ4n) is 3.38. The molecule has 0 aromatic carbocycles. The minimum Gasteiger partial charge on any atom is -0.450 e. The Labute approximate surface area is 191 Å². The summed E-state index contributed by atoms with van der Waals surface area (Å²) in [7, 11) is 0. The first-order valence-corrected chi connectivity index (χ1v) is 10.5. The van der Waals surface area contributed by atoms with Gasteiger partial charge >= 0.3 is 6.09 Å². The van der Waals surface area contributed by atoms with E-state index in [4.69, 9.17) is 15.6 Å². The first-order valence-electron chi connectivity index (χ1n) is 10.5. The summed E-state index contributed by atoms with van der Waals surface area (Å²) >= 11 is 0. The van der Waals surface area contributed by atoms with Gasteiger partial charge in [0.1, 0.15) is 17.2 Å². The first-order chi connectivity index (χ1) is 15.9. The lowest BCUT2D eigenvalue weighted by Gasteiger charge is -2.28. The Kier molecular flexibility index (Phi) is 7.67. The standard InChI is InChI=1S/C22H27N7O4/c1-3-33-22(32)28-8-7-15-10-25-18(9-16(15)11-28)21(31)27-19-6-4-5-17(26-19)20(24)29(13-23)14(2)12-30/h4-6,9-10,13-14,23-24,30H,3,7-8,11-12H2,1-2H3,(H,26,27,31). The predicted molar refractivity (Wildman–Crippen MR) is 122 cm³/mol. The Hall–Kier alpha value is -3.86. The third-order valence-corrected chi connectivity index (χ3v) is 5.22. The summed E-state index contributed by atoms with van der Waals surface area (Å²) in [5, 5.41) is 27.8. The molecule has 0 saturated heterocycles. The SMILES string of the molecule is CCOC(=O)N1CCc2cnc(C(=O)Nc3cccc(C(=N)N(C=N)C(C)CO)n3)cc2C1. The van der Waals surface area contributed by atoms with Crippen LogP contribution < -0.4 is 5.32 Å². The number of pyridine rings is 2. The number of ether oxygens (including phenoxy) is 1. The van der Waals surface area contributed by atoms with Crippen molar-refractivity contribution >= 4 is 30.0 Å². The van der Waals surface area contributed by atoms with Gasteiger partial charge in [0.05, 0.1) is 25.6 Å². The van der Waals surface area contributed by atoms with Crippen molar-refractivity contribution in [3.63, 3.8) is 0 Å². The number of amidine groups is 1. The molecule has 1 atom stereocenters. The van der Waals surface area contributed by atoms with Gasteiger partial charge < -0.3 is 25.0 Å². The number of aliphatic hydroxyl groups excluding tert-OH is 1. The summed E-state index contributed by atoms with van der Waals surface area (Å²) in [4.78, 5) is 36.2. The number of nitrogens with zero attached hydrogens (tertiary/aromatic N) is 4. The zero-order valence-electron chi connectivity index (χ0n) is 18.5. The van der Waals surface area contributed by atoms with Crippen molar-refractivity contribution in [3.8, 4) is 0 Å². The zero-order valence-corrected chi connectivity index (χ0v) is 18.5. The van der Waals surface area contributed by atoms with E-state index in [1.165, 1.54) is 4.90 Å². The first kappa shape index (κ1) is 23.8. The van der Waals surface area contributed by atoms with Crippen LogP contribution in [-0.2, 0) is 17.7 Å². The lowest BCUT2D eigenvalue weighted by atomic mass is 10.0. The smallest absolute Gasteiger partial charge is 0.410 e. The molecule has 0 spiro atoms. The van der Waals surface area contributed by atoms with Crippen LogP contribution in [0.3, 0.4) is 0 Å². The lowest BCUT2D eigenvalue weighted by molar-refractivity contribution is 0.102. The molecule has 11 nitrogen and oxygen atoms in total. The number of carbonyl (C=O) groups is 2. The summed E-state index contributed by atoms with van der Waals surface area (Å²) in [6, 6.07) is 5.99. The molecule has 2 aromatic rings. The van der Waals surface area contributed by atoms with Crippen LogP contribution in [0.15, 0.2) is 30.5 Å². The molecule has 1 aliphatic rings. The van der Waals surface area contributed by atoms with E-state index in [2.05, 4.69) is 15.3 Å². The van der Waals surface area contributed by atoms with Crippen molar-refractivity contribution in [3.05, 3.63) is 53.0 Å². The topological polar surface area (TPSA) is 156 Å². The second kappa shape index (κ2) is 10.6. The maximum absolute atomic E-state index is 12.8. The normalized spacial score (nSPS) is 13.5. The van der Waals surface area contributed by atoms with Crippen molar-refractivity contribution in [2.45, 2.75) is 32.9 Å². The van der Waals surface area contributed by atoms with Crippen molar-refractivity contribution in [2.75, 3.05) is 25.1 Å². The average Bonchev–Trinajstić information content (AvgIpc) is 2.83. The van der Waals surface area contributed by atoms with Gasteiger partial charge in [-0.05, 0) is 49.6 Å². The highest BCUT2D eigenvalue weighted by Gasteiger charge is 2.23. The number of amides is 2. The highest BCUT2D eigenvalue weighted by molar-refractivity contribution is 6.04. The Morgan fingerprint density at radius 1 is 1.36 bits per heavy atom. The molecule has 2 aromatic heterocycles. The van der Waals surface area contributed by atoms with E-state index < -0.39 is 11.9 Å². The molecule has 0 radical (unpaired) electrons. The Balaban J connectivity index is 1.74. The van der Waals surface area contributed by atoms with Gasteiger partial charge in [-0.1, -0.05) is 6.07 Å². The van der Waals surface area contributed by atoms with Gasteiger partial charge in [-0.25, -0.2) is 9.78 Å². The Morgan fingerprint density at radius 2 is 2.15 bits per heavy atom. The van der Waals surface area contributed by atoms with Gasteiger partial charge in [0.2, 0.25) is 0 Å². The summed E-state index contributed by atoms with van der Waals surface area (Å²) < 4.78 is 5.07. The van der Waals surface area contributed by atoms with Crippen molar-refractivity contribution < 1.29 is 19.4 Å². The Bertz CT molecular complexity index is 1060. The van der Waals surface area contributed by atoms with E-state index in [-0.39, 0.29) is 35.7 Å². The van der Waals surface area contributed by atoms with Crippen molar-refractivity contribution in [2.24, 2.45) is 0 Å². The van der Waals surface area contributed by atoms with Gasteiger partial charge in [-0.2, -0.15) is 0 Å². The lowest BCUT2D eigenvalue weighted by Crippen LogP contribution is -2.39. The molecule has 4 N–H and O–H groups in total. The van der Waals surface area contributed by atoms with Crippen molar-refractivity contribution in [1.29, 1.82) is 10.8 Å². The van der Waals surface area contributed by atoms with Gasteiger partial charge in [0.25, 0.3) is 5.91 Å². The average molecular weight is 454 g/mol. The van der Waals surface area contributed by atoms with Crippen LogP contribution in [0.2, 0.25) is 0 Å². The van der Waals surface area contributed by atoms with Crippen LogP contribution in [0, 0.1) is 10.8 Å². The highest BCUT2D eigenvalue weighted by atomic mass is 16.6. The van der Waals surface area contributed by atoms with Gasteiger partial charge in [-0.3, -0.25) is 20.6 Å². The van der Waals surface area contributed by atoms with E-state index in [0.29, 0.717) is 26.1 Å². The number of hydrogen-bond donors (Lipinski definition) is 4. The van der Waals surface area contributed by atoms with E-state index in [0.717, 1.165) is 17.5 Å². The summed E-state index contributed by atoms with van der Waals surface area (Å²) in [6.45, 7) is 4.37. The van der Waals surface area contributed by atoms with Gasteiger partial charge in [0, 0.05) is 19.3 Å². The highest BCUT2D eigenvalue weighted by Crippen LogP contribution is 2.20. The second-order valence-corrected chi connectivity index (χ2v) is 7.49. The number of aromatic nitrogens is 2. The van der Waals surface area contributed by atoms with E-state index in [1.807, 2.05) is 0 Å².